The van der Waals surface area contributed by atoms with E-state index < -0.39 is 5.91 Å². The van der Waals surface area contributed by atoms with E-state index in [-0.39, 0.29) is 12.1 Å². The molecule has 2 N–H and O–H groups in total. The van der Waals surface area contributed by atoms with E-state index in [0.29, 0.717) is 17.1 Å². The molecule has 1 aliphatic heterocycles. The first-order valence-corrected chi connectivity index (χ1v) is 13.6. The van der Waals surface area contributed by atoms with E-state index in [1.807, 2.05) is 18.3 Å². The molecule has 9 nitrogen and oxygen atoms in total. The Hall–Kier alpha value is -4.65. The number of benzene rings is 2. The number of hydrogen-bond acceptors (Lipinski definition) is 7. The summed E-state index contributed by atoms with van der Waals surface area (Å²) in [6, 6.07) is 18.0. The Morgan fingerprint density at radius 1 is 1.05 bits per heavy atom. The third-order valence-electron chi connectivity index (χ3n) is 7.39. The number of likely N-dealkylation sites (N-methyl/N-ethyl adjacent to an activating group) is 1. The Balaban J connectivity index is 1.33. The second-order valence-electron chi connectivity index (χ2n) is 10.2. The number of carbonyl (C=O) groups is 1. The highest BCUT2D eigenvalue weighted by molar-refractivity contribution is 6.04. The van der Waals surface area contributed by atoms with Gasteiger partial charge in [-0.05, 0) is 54.1 Å². The molecule has 0 saturated carbocycles. The van der Waals surface area contributed by atoms with Gasteiger partial charge in [-0.25, -0.2) is 4.98 Å². The molecular weight excluding hydrogens is 516 g/mol. The van der Waals surface area contributed by atoms with E-state index in [9.17, 15) is 10.1 Å². The zero-order valence-electron chi connectivity index (χ0n) is 23.6. The predicted octanol–water partition coefficient (Wildman–Crippen LogP) is 4.22. The van der Waals surface area contributed by atoms with Crippen LogP contribution in [-0.2, 0) is 17.9 Å². The Morgan fingerprint density at radius 3 is 2.61 bits per heavy atom. The number of pyridine rings is 1. The molecule has 4 aromatic rings. The summed E-state index contributed by atoms with van der Waals surface area (Å²) in [5.41, 5.74) is 5.56. The van der Waals surface area contributed by atoms with Crippen molar-refractivity contribution in [3.63, 3.8) is 0 Å². The molecule has 0 bridgehead atoms. The quantitative estimate of drug-likeness (QED) is 0.237. The highest BCUT2D eigenvalue weighted by Crippen LogP contribution is 2.28. The van der Waals surface area contributed by atoms with Gasteiger partial charge in [-0.1, -0.05) is 24.3 Å². The number of carbonyl (C=O) groups excluding carboxylic acids is 1. The van der Waals surface area contributed by atoms with E-state index in [1.165, 1.54) is 5.56 Å². The molecule has 3 heterocycles. The fourth-order valence-electron chi connectivity index (χ4n) is 4.99. The number of fused-ring (bicyclic) bond motifs is 1. The van der Waals surface area contributed by atoms with Gasteiger partial charge in [0.1, 0.15) is 17.3 Å². The number of aromatic amines is 1. The highest BCUT2D eigenvalue weighted by atomic mass is 16.5. The molecule has 0 radical (unpaired) electrons. The first kappa shape index (κ1) is 27.9. The summed E-state index contributed by atoms with van der Waals surface area (Å²) in [5, 5.41) is 13.4. The standard InChI is InChI=1S/C32H34N6O3/c1-37-9-11-38(12-10-37)21-23-5-4-6-24(13-23)26-16-28-27(20-35-31(28)34-19-26)15-25(17-33)32(39)36-18-22-7-8-29(40-2)30(14-22)41-3/h4-8,13-16,19-20H,9-12,18,21H2,1-3H3,(H,34,35)(H,36,39)/b25-15+. The number of H-pyrrole nitrogens is 1. The molecule has 1 aliphatic rings. The van der Waals surface area contributed by atoms with E-state index in [2.05, 4.69) is 62.5 Å². The molecule has 2 aromatic carbocycles. The van der Waals surface area contributed by atoms with Crippen molar-refractivity contribution < 1.29 is 14.3 Å². The van der Waals surface area contributed by atoms with Crippen LogP contribution in [0.15, 0.2) is 66.5 Å². The van der Waals surface area contributed by atoms with Gasteiger partial charge in [0.2, 0.25) is 0 Å². The Morgan fingerprint density at radius 2 is 1.85 bits per heavy atom. The maximum absolute atomic E-state index is 12.9. The van der Waals surface area contributed by atoms with Crippen molar-refractivity contribution in [1.82, 2.24) is 25.1 Å². The monoisotopic (exact) mass is 550 g/mol. The maximum atomic E-state index is 12.9. The number of amides is 1. The first-order valence-electron chi connectivity index (χ1n) is 13.6. The normalized spacial score (nSPS) is 14.5. The van der Waals surface area contributed by atoms with Gasteiger partial charge in [-0.3, -0.25) is 9.69 Å². The largest absolute Gasteiger partial charge is 0.493 e. The summed E-state index contributed by atoms with van der Waals surface area (Å²) in [4.78, 5) is 25.5. The zero-order chi connectivity index (χ0) is 28.8. The predicted molar refractivity (Wildman–Crippen MR) is 159 cm³/mol. The lowest BCUT2D eigenvalue weighted by molar-refractivity contribution is -0.117. The molecule has 0 unspecified atom stereocenters. The van der Waals surface area contributed by atoms with Gasteiger partial charge in [0.15, 0.2) is 11.5 Å². The van der Waals surface area contributed by atoms with Crippen molar-refractivity contribution >= 4 is 23.0 Å². The van der Waals surface area contributed by atoms with E-state index in [1.54, 1.807) is 38.6 Å². The van der Waals surface area contributed by atoms with Gasteiger partial charge in [0, 0.05) is 68.2 Å². The minimum atomic E-state index is -0.461. The van der Waals surface area contributed by atoms with Gasteiger partial charge in [0.05, 0.1) is 14.2 Å². The Labute approximate surface area is 240 Å². The van der Waals surface area contributed by atoms with Gasteiger partial charge >= 0.3 is 0 Å². The second-order valence-corrected chi connectivity index (χ2v) is 10.2. The number of nitriles is 1. The fraction of sp³-hybridized carbons (Fsp3) is 0.281. The molecule has 0 atom stereocenters. The van der Waals surface area contributed by atoms with Gasteiger partial charge in [-0.15, -0.1) is 0 Å². The molecular formula is C32H34N6O3. The molecule has 0 spiro atoms. The molecule has 2 aromatic heterocycles. The number of rotatable bonds is 9. The average Bonchev–Trinajstić information content (AvgIpc) is 3.41. The van der Waals surface area contributed by atoms with Crippen molar-refractivity contribution in [3.8, 4) is 28.7 Å². The smallest absolute Gasteiger partial charge is 0.262 e. The van der Waals surface area contributed by atoms with Crippen LogP contribution in [0.2, 0.25) is 0 Å². The lowest BCUT2D eigenvalue weighted by Crippen LogP contribution is -2.43. The number of nitrogens with one attached hydrogen (secondary N) is 2. The van der Waals surface area contributed by atoms with Crippen LogP contribution < -0.4 is 14.8 Å². The summed E-state index contributed by atoms with van der Waals surface area (Å²) in [6.07, 6.45) is 5.21. The van der Waals surface area contributed by atoms with Gasteiger partial charge in [0.25, 0.3) is 5.91 Å². The molecule has 1 fully saturated rings. The molecule has 0 aliphatic carbocycles. The summed E-state index contributed by atoms with van der Waals surface area (Å²) in [6.45, 7) is 5.46. The molecule has 41 heavy (non-hydrogen) atoms. The van der Waals surface area contributed by atoms with E-state index in [0.717, 1.165) is 60.4 Å². The van der Waals surface area contributed by atoms with Crippen molar-refractivity contribution in [2.24, 2.45) is 0 Å². The molecule has 9 heteroatoms. The SMILES string of the molecule is COc1ccc(CNC(=O)/C(C#N)=C/c2c[nH]c3ncc(-c4cccc(CN5CCN(C)CC5)c4)cc23)cc1OC. The van der Waals surface area contributed by atoms with Crippen LogP contribution in [0.25, 0.3) is 28.2 Å². The van der Waals surface area contributed by atoms with Crippen molar-refractivity contribution in [2.45, 2.75) is 13.1 Å². The number of piperazine rings is 1. The van der Waals surface area contributed by atoms with Crippen LogP contribution >= 0.6 is 0 Å². The molecule has 5 rings (SSSR count). The summed E-state index contributed by atoms with van der Waals surface area (Å²) in [7, 11) is 5.29. The number of hydrogen-bond donors (Lipinski definition) is 2. The Bertz CT molecular complexity index is 1610. The van der Waals surface area contributed by atoms with Crippen LogP contribution in [0.4, 0.5) is 0 Å². The third-order valence-corrected chi connectivity index (χ3v) is 7.39. The minimum Gasteiger partial charge on any atom is -0.493 e. The van der Waals surface area contributed by atoms with Crippen molar-refractivity contribution in [2.75, 3.05) is 47.4 Å². The van der Waals surface area contributed by atoms with Crippen molar-refractivity contribution in [1.29, 1.82) is 5.26 Å². The van der Waals surface area contributed by atoms with Crippen LogP contribution in [0.5, 0.6) is 11.5 Å². The fourth-order valence-corrected chi connectivity index (χ4v) is 4.99. The van der Waals surface area contributed by atoms with Gasteiger partial charge < -0.3 is 24.7 Å². The summed E-state index contributed by atoms with van der Waals surface area (Å²) < 4.78 is 10.6. The number of aromatic nitrogens is 2. The third kappa shape index (κ3) is 6.57. The molecule has 1 amide bonds. The lowest BCUT2D eigenvalue weighted by Gasteiger charge is -2.32. The minimum absolute atomic E-state index is 0.00551. The Kier molecular flexibility index (Phi) is 8.63. The van der Waals surface area contributed by atoms with Crippen LogP contribution in [-0.4, -0.2) is 73.1 Å². The molecule has 1 saturated heterocycles. The molecule has 210 valence electrons. The number of nitrogens with zero attached hydrogens (tertiary/aromatic N) is 4. The van der Waals surface area contributed by atoms with Crippen molar-refractivity contribution in [3.05, 3.63) is 83.2 Å². The van der Waals surface area contributed by atoms with Gasteiger partial charge in [-0.2, -0.15) is 5.26 Å². The van der Waals surface area contributed by atoms with Crippen LogP contribution in [0.3, 0.4) is 0 Å². The first-order chi connectivity index (χ1) is 20.0. The average molecular weight is 551 g/mol. The summed E-state index contributed by atoms with van der Waals surface area (Å²) in [5.74, 6) is 0.717. The summed E-state index contributed by atoms with van der Waals surface area (Å²) >= 11 is 0. The van der Waals surface area contributed by atoms with Crippen LogP contribution in [0, 0.1) is 11.3 Å². The zero-order valence-corrected chi connectivity index (χ0v) is 23.6. The lowest BCUT2D eigenvalue weighted by atomic mass is 10.0. The van der Waals surface area contributed by atoms with E-state index >= 15 is 0 Å². The topological polar surface area (TPSA) is 107 Å². The maximum Gasteiger partial charge on any atom is 0.262 e. The van der Waals surface area contributed by atoms with Crippen LogP contribution in [0.1, 0.15) is 16.7 Å². The highest BCUT2D eigenvalue weighted by Gasteiger charge is 2.15. The van der Waals surface area contributed by atoms with E-state index in [4.69, 9.17) is 9.47 Å². The second kappa shape index (κ2) is 12.7. The number of ether oxygens (including phenoxy) is 2. The number of methoxy groups -OCH3 is 2.